The highest BCUT2D eigenvalue weighted by molar-refractivity contribution is 8.16. The van der Waals surface area contributed by atoms with Gasteiger partial charge in [0.1, 0.15) is 0 Å². The number of nitrogens with zero attached hydrogens (tertiary/aromatic N) is 4. The molecule has 0 spiro atoms. The molecule has 2 fully saturated rings. The number of likely N-dealkylation sites (N-methyl/N-ethyl adjacent to an activating group) is 1. The molecule has 0 saturated carbocycles. The van der Waals surface area contributed by atoms with Gasteiger partial charge in [-0.25, -0.2) is 0 Å². The van der Waals surface area contributed by atoms with E-state index in [1.54, 1.807) is 11.9 Å². The summed E-state index contributed by atoms with van der Waals surface area (Å²) in [5.74, 6) is -0.154. The second kappa shape index (κ2) is 7.49. The van der Waals surface area contributed by atoms with Crippen LogP contribution in [0.5, 0.6) is 0 Å². The maximum atomic E-state index is 12.5. The number of amidine groups is 2. The highest BCUT2D eigenvalue weighted by Gasteiger charge is 2.45. The molecule has 2 aliphatic heterocycles. The topological polar surface area (TPSA) is 74.6 Å². The van der Waals surface area contributed by atoms with Gasteiger partial charge in [-0.3, -0.25) is 19.4 Å². The summed E-state index contributed by atoms with van der Waals surface area (Å²) in [6.07, 6.45) is 0. The summed E-state index contributed by atoms with van der Waals surface area (Å²) >= 11 is 2.62. The molecule has 10 heteroatoms. The van der Waals surface area contributed by atoms with Gasteiger partial charge in [0.25, 0.3) is 5.91 Å². The van der Waals surface area contributed by atoms with E-state index >= 15 is 0 Å². The number of thioether (sulfide) groups is 2. The van der Waals surface area contributed by atoms with Crippen molar-refractivity contribution in [3.8, 4) is 0 Å². The molecule has 0 aromatic carbocycles. The molecular formula is C16H26N4O3S2Si. The van der Waals surface area contributed by atoms with Crippen LogP contribution in [0.25, 0.3) is 0 Å². The number of hydrogen-bond acceptors (Lipinski definition) is 7. The van der Waals surface area contributed by atoms with E-state index in [2.05, 4.69) is 16.8 Å². The van der Waals surface area contributed by atoms with Crippen molar-refractivity contribution >= 4 is 54.0 Å². The van der Waals surface area contributed by atoms with Crippen molar-refractivity contribution in [3.05, 3.63) is 12.2 Å². The fraction of sp³-hybridized carbons (Fsp3) is 0.625. The van der Waals surface area contributed by atoms with Crippen molar-refractivity contribution in [2.45, 2.75) is 50.6 Å². The van der Waals surface area contributed by atoms with Crippen molar-refractivity contribution < 1.29 is 14.0 Å². The Hall–Kier alpha value is -1.10. The van der Waals surface area contributed by atoms with Crippen LogP contribution in [-0.4, -0.2) is 64.0 Å². The van der Waals surface area contributed by atoms with E-state index in [9.17, 15) is 9.59 Å². The van der Waals surface area contributed by atoms with E-state index in [4.69, 9.17) is 4.43 Å². The first-order valence-electron chi connectivity index (χ1n) is 8.25. The van der Waals surface area contributed by atoms with Crippen LogP contribution in [0.1, 0.15) is 20.8 Å². The third-order valence-electron chi connectivity index (χ3n) is 3.48. The number of hydrogen-bond donors (Lipinski definition) is 0. The quantitative estimate of drug-likeness (QED) is 0.393. The Morgan fingerprint density at radius 2 is 1.85 bits per heavy atom. The second-order valence-electron chi connectivity index (χ2n) is 7.80. The van der Waals surface area contributed by atoms with E-state index < -0.39 is 18.5 Å². The van der Waals surface area contributed by atoms with Crippen LogP contribution in [-0.2, 0) is 14.0 Å². The summed E-state index contributed by atoms with van der Waals surface area (Å²) in [4.78, 5) is 27.9. The van der Waals surface area contributed by atoms with Gasteiger partial charge >= 0.3 is 0 Å². The lowest BCUT2D eigenvalue weighted by molar-refractivity contribution is -0.129. The zero-order chi connectivity index (χ0) is 19.9. The van der Waals surface area contributed by atoms with Gasteiger partial charge in [-0.15, -0.1) is 10.2 Å². The summed E-state index contributed by atoms with van der Waals surface area (Å²) < 4.78 is 5.31. The average Bonchev–Trinajstić information content (AvgIpc) is 2.85. The summed E-state index contributed by atoms with van der Waals surface area (Å²) in [5.41, 5.74) is 0.287. The lowest BCUT2D eigenvalue weighted by atomic mass is 10.2. The van der Waals surface area contributed by atoms with Crippen molar-refractivity contribution in [1.29, 1.82) is 0 Å². The molecular weight excluding hydrogens is 388 g/mol. The average molecular weight is 415 g/mol. The van der Waals surface area contributed by atoms with E-state index in [0.29, 0.717) is 16.9 Å². The molecule has 0 bridgehead atoms. The summed E-state index contributed by atoms with van der Waals surface area (Å²) in [6, 6.07) is 0. The SMILES string of the molecule is C=C(C)CN1C(=O)C(C)(C)SC1=NN=C1SC(O[Si](C)(C)C)C(=O)N1C. The van der Waals surface area contributed by atoms with Gasteiger partial charge in [0.05, 0.1) is 4.75 Å². The third kappa shape index (κ3) is 4.79. The predicted octanol–water partition coefficient (Wildman–Crippen LogP) is 2.93. The zero-order valence-corrected chi connectivity index (χ0v) is 19.0. The Balaban J connectivity index is 2.24. The fourth-order valence-electron chi connectivity index (χ4n) is 2.27. The van der Waals surface area contributed by atoms with E-state index in [-0.39, 0.29) is 11.8 Å². The van der Waals surface area contributed by atoms with Crippen LogP contribution in [0, 0.1) is 0 Å². The summed E-state index contributed by atoms with van der Waals surface area (Å²) in [6.45, 7) is 16.0. The minimum absolute atomic E-state index is 0.0205. The van der Waals surface area contributed by atoms with Crippen molar-refractivity contribution in [1.82, 2.24) is 9.80 Å². The number of carbonyl (C=O) groups excluding carboxylic acids is 2. The first-order chi connectivity index (χ1) is 11.8. The molecule has 1 unspecified atom stereocenters. The molecule has 2 heterocycles. The van der Waals surface area contributed by atoms with Gasteiger partial charge < -0.3 is 4.43 Å². The zero-order valence-electron chi connectivity index (χ0n) is 16.3. The maximum absolute atomic E-state index is 12.5. The highest BCUT2D eigenvalue weighted by atomic mass is 32.2. The predicted molar refractivity (Wildman–Crippen MR) is 112 cm³/mol. The van der Waals surface area contributed by atoms with Crippen LogP contribution in [0.2, 0.25) is 19.6 Å². The first-order valence-corrected chi connectivity index (χ1v) is 13.4. The Bertz CT molecular complexity index is 700. The number of amides is 2. The van der Waals surface area contributed by atoms with Gasteiger partial charge in [-0.1, -0.05) is 23.9 Å². The molecule has 0 N–H and O–H groups in total. The van der Waals surface area contributed by atoms with Crippen LogP contribution in [0.4, 0.5) is 0 Å². The monoisotopic (exact) mass is 414 g/mol. The fourth-order valence-corrected chi connectivity index (χ4v) is 5.85. The molecule has 26 heavy (non-hydrogen) atoms. The Morgan fingerprint density at radius 1 is 1.27 bits per heavy atom. The normalized spacial score (nSPS) is 26.5. The van der Waals surface area contributed by atoms with Crippen LogP contribution >= 0.6 is 23.5 Å². The number of rotatable bonds is 5. The van der Waals surface area contributed by atoms with E-state index in [0.717, 1.165) is 5.57 Å². The first kappa shape index (κ1) is 21.2. The van der Waals surface area contributed by atoms with Crippen LogP contribution in [0.3, 0.4) is 0 Å². The van der Waals surface area contributed by atoms with Gasteiger partial charge in [0.15, 0.2) is 24.1 Å². The second-order valence-corrected chi connectivity index (χ2v) is 14.9. The molecule has 1 atom stereocenters. The van der Waals surface area contributed by atoms with Crippen molar-refractivity contribution in [2.75, 3.05) is 13.6 Å². The van der Waals surface area contributed by atoms with Crippen molar-refractivity contribution in [2.24, 2.45) is 10.2 Å². The summed E-state index contributed by atoms with van der Waals surface area (Å²) in [7, 11) is -0.198. The standard InChI is InChI=1S/C16H26N4O3S2Si/c1-10(2)9-20-13(22)16(3,4)25-15(20)18-17-14-19(5)11(21)12(24-14)23-26(6,7)8/h12H,1,9H2,2-8H3. The van der Waals surface area contributed by atoms with Gasteiger partial charge in [-0.05, 0) is 52.2 Å². The smallest absolute Gasteiger partial charge is 0.267 e. The molecule has 2 rings (SSSR count). The highest BCUT2D eigenvalue weighted by Crippen LogP contribution is 2.37. The molecule has 7 nitrogen and oxygen atoms in total. The minimum atomic E-state index is -1.86. The third-order valence-corrected chi connectivity index (χ3v) is 6.84. The number of carbonyl (C=O) groups is 2. The molecule has 2 aliphatic rings. The maximum Gasteiger partial charge on any atom is 0.267 e. The van der Waals surface area contributed by atoms with E-state index in [1.807, 2.05) is 40.4 Å². The Morgan fingerprint density at radius 3 is 2.38 bits per heavy atom. The molecule has 144 valence electrons. The largest absolute Gasteiger partial charge is 0.398 e. The molecule has 2 amide bonds. The molecule has 0 radical (unpaired) electrons. The molecule has 0 aliphatic carbocycles. The van der Waals surface area contributed by atoms with Crippen LogP contribution < -0.4 is 0 Å². The van der Waals surface area contributed by atoms with Crippen LogP contribution in [0.15, 0.2) is 22.4 Å². The molecule has 0 aromatic rings. The molecule has 0 aromatic heterocycles. The van der Waals surface area contributed by atoms with Crippen molar-refractivity contribution in [3.63, 3.8) is 0 Å². The van der Waals surface area contributed by atoms with E-state index in [1.165, 1.54) is 28.4 Å². The summed E-state index contributed by atoms with van der Waals surface area (Å²) in [5, 5.41) is 9.50. The van der Waals surface area contributed by atoms with Gasteiger partial charge in [0, 0.05) is 13.6 Å². The Labute approximate surface area is 164 Å². The van der Waals surface area contributed by atoms with Gasteiger partial charge in [-0.2, -0.15) is 0 Å². The lowest BCUT2D eigenvalue weighted by Gasteiger charge is -2.20. The minimum Gasteiger partial charge on any atom is -0.398 e. The van der Waals surface area contributed by atoms with Gasteiger partial charge in [0.2, 0.25) is 5.91 Å². The Kier molecular flexibility index (Phi) is 6.11. The molecule has 2 saturated heterocycles. The lowest BCUT2D eigenvalue weighted by Crippen LogP contribution is -2.37.